The maximum Gasteiger partial charge on any atom is 0.256 e. The second-order valence-electron chi connectivity index (χ2n) is 5.38. The molecule has 0 aliphatic heterocycles. The van der Waals surface area contributed by atoms with Gasteiger partial charge >= 0.3 is 0 Å². The van der Waals surface area contributed by atoms with E-state index in [-0.39, 0.29) is 5.91 Å². The number of benzene rings is 1. The van der Waals surface area contributed by atoms with Gasteiger partial charge in [-0.1, -0.05) is 19.4 Å². The third-order valence-corrected chi connectivity index (χ3v) is 3.68. The van der Waals surface area contributed by atoms with Gasteiger partial charge in [0.05, 0.1) is 5.56 Å². The van der Waals surface area contributed by atoms with Crippen molar-refractivity contribution in [2.75, 3.05) is 18.9 Å². The van der Waals surface area contributed by atoms with Crippen LogP contribution in [0.3, 0.4) is 0 Å². The summed E-state index contributed by atoms with van der Waals surface area (Å²) in [7, 11) is 1.87. The molecule has 1 aliphatic carbocycles. The number of nitrogens with one attached hydrogen (secondary N) is 1. The minimum atomic E-state index is 0.181. The predicted octanol–water partition coefficient (Wildman–Crippen LogP) is 3.44. The van der Waals surface area contributed by atoms with Gasteiger partial charge < -0.3 is 10.2 Å². The first-order chi connectivity index (χ1) is 9.17. The van der Waals surface area contributed by atoms with Crippen molar-refractivity contribution in [3.8, 4) is 0 Å². The van der Waals surface area contributed by atoms with Crippen LogP contribution in [0.4, 0.5) is 5.69 Å². The van der Waals surface area contributed by atoms with Crippen LogP contribution in [0.15, 0.2) is 18.2 Å². The molecular weight excluding hydrogens is 236 g/mol. The van der Waals surface area contributed by atoms with E-state index in [1.165, 1.54) is 5.56 Å². The molecule has 1 N–H and O–H groups in total. The Kier molecular flexibility index (Phi) is 4.46. The van der Waals surface area contributed by atoms with Crippen LogP contribution in [0.1, 0.15) is 48.5 Å². The number of nitrogens with zero attached hydrogens (tertiary/aromatic N) is 1. The lowest BCUT2D eigenvalue weighted by Gasteiger charge is -2.23. The van der Waals surface area contributed by atoms with E-state index in [9.17, 15) is 4.79 Å². The van der Waals surface area contributed by atoms with Crippen LogP contribution in [-0.4, -0.2) is 30.4 Å². The average Bonchev–Trinajstić information content (AvgIpc) is 3.23. The van der Waals surface area contributed by atoms with Gasteiger partial charge in [-0.2, -0.15) is 0 Å². The summed E-state index contributed by atoms with van der Waals surface area (Å²) < 4.78 is 0. The van der Waals surface area contributed by atoms with E-state index in [2.05, 4.69) is 17.1 Å². The Labute approximate surface area is 116 Å². The molecular formula is C16H24N2O. The molecule has 104 valence electrons. The van der Waals surface area contributed by atoms with Crippen LogP contribution in [0.2, 0.25) is 0 Å². The highest BCUT2D eigenvalue weighted by atomic mass is 16.2. The van der Waals surface area contributed by atoms with Crippen LogP contribution in [-0.2, 0) is 0 Å². The summed E-state index contributed by atoms with van der Waals surface area (Å²) in [5.41, 5.74) is 2.91. The zero-order valence-corrected chi connectivity index (χ0v) is 12.2. The molecule has 0 spiro atoms. The summed E-state index contributed by atoms with van der Waals surface area (Å²) >= 11 is 0. The Hall–Kier alpha value is -1.51. The van der Waals surface area contributed by atoms with E-state index in [4.69, 9.17) is 0 Å². The molecule has 0 heterocycles. The predicted molar refractivity (Wildman–Crippen MR) is 79.7 cm³/mol. The number of aryl methyl sites for hydroxylation is 1. The molecule has 3 heteroatoms. The van der Waals surface area contributed by atoms with Gasteiger partial charge in [0.2, 0.25) is 0 Å². The minimum absolute atomic E-state index is 0.181. The van der Waals surface area contributed by atoms with Gasteiger partial charge in [0.1, 0.15) is 0 Å². The van der Waals surface area contributed by atoms with Gasteiger partial charge in [-0.15, -0.1) is 0 Å². The van der Waals surface area contributed by atoms with E-state index < -0.39 is 0 Å². The van der Waals surface area contributed by atoms with Gasteiger partial charge in [0.25, 0.3) is 5.91 Å². The number of rotatable bonds is 6. The smallest absolute Gasteiger partial charge is 0.256 e. The highest BCUT2D eigenvalue weighted by Gasteiger charge is 2.33. The lowest BCUT2D eigenvalue weighted by atomic mass is 10.1. The lowest BCUT2D eigenvalue weighted by molar-refractivity contribution is 0.0741. The van der Waals surface area contributed by atoms with Crippen molar-refractivity contribution >= 4 is 11.6 Å². The normalized spacial score (nSPS) is 14.3. The summed E-state index contributed by atoms with van der Waals surface area (Å²) in [4.78, 5) is 14.8. The molecule has 3 nitrogen and oxygen atoms in total. The molecule has 0 radical (unpaired) electrons. The maximum absolute atomic E-state index is 12.7. The van der Waals surface area contributed by atoms with Crippen molar-refractivity contribution < 1.29 is 4.79 Å². The molecule has 1 amide bonds. The summed E-state index contributed by atoms with van der Waals surface area (Å²) in [5.74, 6) is 0.181. The monoisotopic (exact) mass is 260 g/mol. The van der Waals surface area contributed by atoms with Crippen LogP contribution in [0.5, 0.6) is 0 Å². The SMILES string of the molecule is CCCCN(C(=O)c1ccc(C)cc1NC)C1CC1. The van der Waals surface area contributed by atoms with E-state index in [0.29, 0.717) is 6.04 Å². The van der Waals surface area contributed by atoms with Crippen LogP contribution in [0, 0.1) is 6.92 Å². The molecule has 1 aliphatic rings. The second kappa shape index (κ2) is 6.09. The van der Waals surface area contributed by atoms with Gasteiger partial charge in [-0.05, 0) is 43.9 Å². The molecule has 1 saturated carbocycles. The summed E-state index contributed by atoms with van der Waals surface area (Å²) in [6.45, 7) is 5.10. The Morgan fingerprint density at radius 2 is 2.16 bits per heavy atom. The average molecular weight is 260 g/mol. The fourth-order valence-corrected chi connectivity index (χ4v) is 2.37. The van der Waals surface area contributed by atoms with Crippen LogP contribution < -0.4 is 5.32 Å². The fourth-order valence-electron chi connectivity index (χ4n) is 2.37. The number of anilines is 1. The van der Waals surface area contributed by atoms with Gasteiger partial charge in [-0.25, -0.2) is 0 Å². The first-order valence-corrected chi connectivity index (χ1v) is 7.26. The number of hydrogen-bond acceptors (Lipinski definition) is 2. The Morgan fingerprint density at radius 3 is 2.74 bits per heavy atom. The van der Waals surface area contributed by atoms with Crippen molar-refractivity contribution in [1.29, 1.82) is 0 Å². The minimum Gasteiger partial charge on any atom is -0.387 e. The number of hydrogen-bond donors (Lipinski definition) is 1. The van der Waals surface area contributed by atoms with Crippen molar-refractivity contribution in [2.45, 2.75) is 45.6 Å². The topological polar surface area (TPSA) is 32.3 Å². The van der Waals surface area contributed by atoms with Gasteiger partial charge in [0.15, 0.2) is 0 Å². The van der Waals surface area contributed by atoms with E-state index >= 15 is 0 Å². The Bertz CT molecular complexity index is 452. The molecule has 19 heavy (non-hydrogen) atoms. The number of unbranched alkanes of at least 4 members (excludes halogenated alkanes) is 1. The first kappa shape index (κ1) is 13.9. The molecule has 1 aromatic rings. The molecule has 1 aromatic carbocycles. The third kappa shape index (κ3) is 3.28. The zero-order chi connectivity index (χ0) is 13.8. The van der Waals surface area contributed by atoms with E-state index in [0.717, 1.165) is 43.5 Å². The van der Waals surface area contributed by atoms with E-state index in [1.54, 1.807) is 0 Å². The Balaban J connectivity index is 2.20. The van der Waals surface area contributed by atoms with Gasteiger partial charge in [-0.3, -0.25) is 4.79 Å². The standard InChI is InChI=1S/C16H24N2O/c1-4-5-10-18(13-7-8-13)16(19)14-9-6-12(2)11-15(14)17-3/h6,9,11,13,17H,4-5,7-8,10H2,1-3H3. The molecule has 0 atom stereocenters. The first-order valence-electron chi connectivity index (χ1n) is 7.26. The summed E-state index contributed by atoms with van der Waals surface area (Å²) in [5, 5.41) is 3.14. The van der Waals surface area contributed by atoms with E-state index in [1.807, 2.05) is 32.2 Å². The second-order valence-corrected chi connectivity index (χ2v) is 5.38. The zero-order valence-electron chi connectivity index (χ0n) is 12.2. The fraction of sp³-hybridized carbons (Fsp3) is 0.562. The number of amides is 1. The highest BCUT2D eigenvalue weighted by Crippen LogP contribution is 2.30. The quantitative estimate of drug-likeness (QED) is 0.849. The van der Waals surface area contributed by atoms with Crippen molar-refractivity contribution in [2.24, 2.45) is 0 Å². The largest absolute Gasteiger partial charge is 0.387 e. The highest BCUT2D eigenvalue weighted by molar-refractivity contribution is 6.00. The molecule has 1 fully saturated rings. The molecule has 0 unspecified atom stereocenters. The maximum atomic E-state index is 12.7. The van der Waals surface area contributed by atoms with Crippen LogP contribution >= 0.6 is 0 Å². The van der Waals surface area contributed by atoms with Crippen molar-refractivity contribution in [3.63, 3.8) is 0 Å². The molecule has 0 saturated heterocycles. The van der Waals surface area contributed by atoms with Crippen LogP contribution in [0.25, 0.3) is 0 Å². The molecule has 0 bridgehead atoms. The lowest BCUT2D eigenvalue weighted by Crippen LogP contribution is -2.34. The van der Waals surface area contributed by atoms with Gasteiger partial charge in [0, 0.05) is 25.3 Å². The summed E-state index contributed by atoms with van der Waals surface area (Å²) in [6, 6.07) is 6.48. The molecule has 0 aromatic heterocycles. The number of carbonyl (C=O) groups is 1. The molecule has 2 rings (SSSR count). The summed E-state index contributed by atoms with van der Waals surface area (Å²) in [6.07, 6.45) is 4.54. The third-order valence-electron chi connectivity index (χ3n) is 3.68. The van der Waals surface area contributed by atoms with Crippen molar-refractivity contribution in [3.05, 3.63) is 29.3 Å². The van der Waals surface area contributed by atoms with Crippen molar-refractivity contribution in [1.82, 2.24) is 4.90 Å². The Morgan fingerprint density at radius 1 is 1.42 bits per heavy atom. The number of carbonyl (C=O) groups excluding carboxylic acids is 1.